The third kappa shape index (κ3) is 4.88. The summed E-state index contributed by atoms with van der Waals surface area (Å²) in [6, 6.07) is 10.9. The molecule has 1 aliphatic rings. The van der Waals surface area contributed by atoms with Crippen molar-refractivity contribution >= 4 is 27.3 Å². The lowest BCUT2D eigenvalue weighted by molar-refractivity contribution is -0.126. The average molecular weight is 409 g/mol. The van der Waals surface area contributed by atoms with Gasteiger partial charge < -0.3 is 10.1 Å². The van der Waals surface area contributed by atoms with Crippen LogP contribution in [0.4, 0.5) is 0 Å². The molecule has 0 bridgehead atoms. The lowest BCUT2D eigenvalue weighted by Crippen LogP contribution is -2.45. The number of hydrogen-bond acceptors (Lipinski definition) is 5. The molecule has 0 saturated carbocycles. The van der Waals surface area contributed by atoms with E-state index in [1.807, 2.05) is 31.2 Å². The maximum absolute atomic E-state index is 12.7. The van der Waals surface area contributed by atoms with Crippen LogP contribution in [-0.4, -0.2) is 38.3 Å². The molecule has 1 aromatic carbocycles. The first-order chi connectivity index (χ1) is 13.0. The second kappa shape index (κ2) is 8.86. The number of ether oxygens (including phenoxy) is 1. The first kappa shape index (κ1) is 19.9. The van der Waals surface area contributed by atoms with Crippen LogP contribution in [0.5, 0.6) is 5.75 Å². The Balaban J connectivity index is 1.59. The number of nitrogens with one attached hydrogen (secondary N) is 1. The van der Waals surface area contributed by atoms with E-state index < -0.39 is 10.0 Å². The van der Waals surface area contributed by atoms with E-state index in [0.29, 0.717) is 36.7 Å². The molecule has 6 nitrogen and oxygen atoms in total. The van der Waals surface area contributed by atoms with Gasteiger partial charge in [0.15, 0.2) is 0 Å². The van der Waals surface area contributed by atoms with E-state index in [-0.39, 0.29) is 18.4 Å². The fourth-order valence-electron chi connectivity index (χ4n) is 3.16. The Morgan fingerprint density at radius 2 is 2.19 bits per heavy atom. The first-order valence-corrected chi connectivity index (χ1v) is 11.4. The molecule has 1 aliphatic heterocycles. The zero-order valence-electron chi connectivity index (χ0n) is 15.3. The number of rotatable bonds is 7. The maximum Gasteiger partial charge on any atom is 0.252 e. The molecule has 3 rings (SSSR count). The van der Waals surface area contributed by atoms with E-state index in [9.17, 15) is 13.2 Å². The Hall–Kier alpha value is -1.90. The van der Waals surface area contributed by atoms with Gasteiger partial charge in [-0.1, -0.05) is 18.2 Å². The third-order valence-electron chi connectivity index (χ3n) is 4.52. The minimum absolute atomic E-state index is 0.108. The molecular formula is C19H24N2O4S2. The molecule has 1 saturated heterocycles. The van der Waals surface area contributed by atoms with Gasteiger partial charge in [-0.25, -0.2) is 8.42 Å². The van der Waals surface area contributed by atoms with Crippen molar-refractivity contribution in [3.05, 3.63) is 47.3 Å². The normalized spacial score (nSPS) is 18.2. The summed E-state index contributed by atoms with van der Waals surface area (Å²) in [4.78, 5) is 12.6. The summed E-state index contributed by atoms with van der Waals surface area (Å²) >= 11 is 1.20. The molecule has 1 aromatic heterocycles. The highest BCUT2D eigenvalue weighted by Crippen LogP contribution is 2.26. The minimum Gasteiger partial charge on any atom is -0.494 e. The van der Waals surface area contributed by atoms with Crippen molar-refractivity contribution in [2.24, 2.45) is 5.92 Å². The van der Waals surface area contributed by atoms with Gasteiger partial charge in [-0.2, -0.15) is 4.31 Å². The van der Waals surface area contributed by atoms with E-state index in [1.165, 1.54) is 15.6 Å². The molecule has 0 unspecified atom stereocenters. The molecule has 0 spiro atoms. The Bertz CT molecular complexity index is 866. The number of hydrogen-bond donors (Lipinski definition) is 1. The third-order valence-corrected chi connectivity index (χ3v) is 7.76. The molecule has 2 aromatic rings. The van der Waals surface area contributed by atoms with Gasteiger partial charge in [-0.3, -0.25) is 4.79 Å². The van der Waals surface area contributed by atoms with Crippen LogP contribution in [0, 0.1) is 5.92 Å². The predicted molar refractivity (Wildman–Crippen MR) is 105 cm³/mol. The number of sulfonamides is 1. The molecule has 2 heterocycles. The standard InChI is InChI=1S/C19H24N2O4S2/c1-2-25-17-8-3-6-15(12-17)13-20-19(22)16-7-4-10-21(14-16)27(23,24)18-9-5-11-26-18/h3,5-6,8-9,11-12,16H,2,4,7,10,13-14H2,1H3,(H,20,22)/t16-/m1/s1. The van der Waals surface area contributed by atoms with Crippen LogP contribution in [0.3, 0.4) is 0 Å². The Morgan fingerprint density at radius 1 is 1.33 bits per heavy atom. The van der Waals surface area contributed by atoms with Crippen molar-refractivity contribution in [2.45, 2.75) is 30.5 Å². The van der Waals surface area contributed by atoms with Crippen LogP contribution in [-0.2, 0) is 21.4 Å². The van der Waals surface area contributed by atoms with Crippen molar-refractivity contribution in [1.82, 2.24) is 9.62 Å². The monoisotopic (exact) mass is 408 g/mol. The fourth-order valence-corrected chi connectivity index (χ4v) is 5.83. The highest BCUT2D eigenvalue weighted by atomic mass is 32.2. The lowest BCUT2D eigenvalue weighted by atomic mass is 9.99. The zero-order chi connectivity index (χ0) is 19.3. The quantitative estimate of drug-likeness (QED) is 0.764. The van der Waals surface area contributed by atoms with Crippen LogP contribution >= 0.6 is 11.3 Å². The van der Waals surface area contributed by atoms with E-state index >= 15 is 0 Å². The molecular weight excluding hydrogens is 384 g/mol. The number of carbonyl (C=O) groups excluding carboxylic acids is 1. The van der Waals surface area contributed by atoms with Gasteiger partial charge in [0.2, 0.25) is 5.91 Å². The molecule has 1 amide bonds. The summed E-state index contributed by atoms with van der Waals surface area (Å²) in [6.45, 7) is 3.60. The van der Waals surface area contributed by atoms with Crippen LogP contribution in [0.15, 0.2) is 46.0 Å². The van der Waals surface area contributed by atoms with Gasteiger partial charge >= 0.3 is 0 Å². The summed E-state index contributed by atoms with van der Waals surface area (Å²) < 4.78 is 32.6. The van der Waals surface area contributed by atoms with Crippen LogP contribution in [0.2, 0.25) is 0 Å². The predicted octanol–water partition coefficient (Wildman–Crippen LogP) is 2.86. The van der Waals surface area contributed by atoms with Crippen LogP contribution < -0.4 is 10.1 Å². The van der Waals surface area contributed by atoms with Gasteiger partial charge in [0, 0.05) is 19.6 Å². The summed E-state index contributed by atoms with van der Waals surface area (Å²) in [6.07, 6.45) is 1.38. The highest BCUT2D eigenvalue weighted by molar-refractivity contribution is 7.91. The van der Waals surface area contributed by atoms with Crippen LogP contribution in [0.1, 0.15) is 25.3 Å². The number of nitrogens with zero attached hydrogens (tertiary/aromatic N) is 1. The summed E-state index contributed by atoms with van der Waals surface area (Å²) in [5.41, 5.74) is 0.952. The Morgan fingerprint density at radius 3 is 2.93 bits per heavy atom. The average Bonchev–Trinajstić information content (AvgIpc) is 3.22. The van der Waals surface area contributed by atoms with Gasteiger partial charge in [0.1, 0.15) is 9.96 Å². The van der Waals surface area contributed by atoms with Crippen LogP contribution in [0.25, 0.3) is 0 Å². The largest absolute Gasteiger partial charge is 0.494 e. The Labute approximate surface area is 164 Å². The van der Waals surface area contributed by atoms with E-state index in [1.54, 1.807) is 17.5 Å². The highest BCUT2D eigenvalue weighted by Gasteiger charge is 2.33. The number of carbonyl (C=O) groups is 1. The second-order valence-electron chi connectivity index (χ2n) is 6.43. The minimum atomic E-state index is -3.51. The molecule has 0 radical (unpaired) electrons. The van der Waals surface area contributed by atoms with Crippen molar-refractivity contribution in [3.8, 4) is 5.75 Å². The molecule has 1 atom stereocenters. The molecule has 146 valence electrons. The maximum atomic E-state index is 12.7. The van der Waals surface area contributed by atoms with Gasteiger partial charge in [0.05, 0.1) is 12.5 Å². The van der Waals surface area contributed by atoms with E-state index in [2.05, 4.69) is 5.32 Å². The van der Waals surface area contributed by atoms with Gasteiger partial charge in [0.25, 0.3) is 10.0 Å². The number of amides is 1. The van der Waals surface area contributed by atoms with Crippen molar-refractivity contribution < 1.29 is 17.9 Å². The SMILES string of the molecule is CCOc1cccc(CNC(=O)[C@@H]2CCCN(S(=O)(=O)c3cccs3)C2)c1. The first-order valence-electron chi connectivity index (χ1n) is 9.04. The lowest BCUT2D eigenvalue weighted by Gasteiger charge is -2.30. The molecule has 0 aliphatic carbocycles. The number of thiophene rings is 1. The fraction of sp³-hybridized carbons (Fsp3) is 0.421. The summed E-state index contributed by atoms with van der Waals surface area (Å²) in [5.74, 6) is 0.335. The van der Waals surface area contributed by atoms with E-state index in [0.717, 1.165) is 11.3 Å². The molecule has 1 fully saturated rings. The summed E-state index contributed by atoms with van der Waals surface area (Å²) in [7, 11) is -3.51. The molecule has 27 heavy (non-hydrogen) atoms. The van der Waals surface area contributed by atoms with E-state index in [4.69, 9.17) is 4.74 Å². The smallest absolute Gasteiger partial charge is 0.252 e. The Kier molecular flexibility index (Phi) is 6.51. The van der Waals surface area contributed by atoms with Crippen molar-refractivity contribution in [3.63, 3.8) is 0 Å². The van der Waals surface area contributed by atoms with Crippen molar-refractivity contribution in [2.75, 3.05) is 19.7 Å². The zero-order valence-corrected chi connectivity index (χ0v) is 16.9. The van der Waals surface area contributed by atoms with Crippen molar-refractivity contribution in [1.29, 1.82) is 0 Å². The number of piperidine rings is 1. The molecule has 1 N–H and O–H groups in total. The van der Waals surface area contributed by atoms with Gasteiger partial charge in [-0.05, 0) is 48.9 Å². The second-order valence-corrected chi connectivity index (χ2v) is 9.54. The van der Waals surface area contributed by atoms with Gasteiger partial charge in [-0.15, -0.1) is 11.3 Å². The number of benzene rings is 1. The molecule has 8 heteroatoms. The summed E-state index contributed by atoms with van der Waals surface area (Å²) in [5, 5.41) is 4.68. The topological polar surface area (TPSA) is 75.7 Å².